The Balaban J connectivity index is 1.86. The Bertz CT molecular complexity index is 356. The zero-order valence-electron chi connectivity index (χ0n) is 8.71. The molecule has 1 aromatic carbocycles. The normalized spacial score (nSPS) is 21.0. The lowest BCUT2D eigenvalue weighted by Crippen LogP contribution is -2.34. The fourth-order valence-electron chi connectivity index (χ4n) is 1.54. The maximum absolute atomic E-state index is 5.95. The smallest absolute Gasteiger partial charge is 0.0629 e. The lowest BCUT2D eigenvalue weighted by Gasteiger charge is -2.22. The van der Waals surface area contributed by atoms with Crippen LogP contribution in [0.2, 0.25) is 10.0 Å². The third-order valence-corrected chi connectivity index (χ3v) is 4.09. The zero-order chi connectivity index (χ0) is 11.4. The first-order valence-corrected chi connectivity index (χ1v) is 6.84. The summed E-state index contributed by atoms with van der Waals surface area (Å²) in [5.74, 6) is 1.00. The molecule has 1 heterocycles. The third kappa shape index (κ3) is 3.54. The minimum atomic E-state index is 0.521. The highest BCUT2D eigenvalue weighted by Gasteiger charge is 2.13. The number of halogens is 2. The molecule has 0 bridgehead atoms. The number of hydrogen-bond acceptors (Lipinski definition) is 3. The largest absolute Gasteiger partial charge is 0.315 e. The van der Waals surface area contributed by atoms with Crippen molar-refractivity contribution in [1.82, 2.24) is 5.32 Å². The van der Waals surface area contributed by atoms with Crippen LogP contribution in [0.5, 0.6) is 0 Å². The Morgan fingerprint density at radius 1 is 1.38 bits per heavy atom. The van der Waals surface area contributed by atoms with Gasteiger partial charge in [-0.05, 0) is 36.2 Å². The van der Waals surface area contributed by atoms with E-state index in [1.165, 1.54) is 12.0 Å². The second-order valence-corrected chi connectivity index (χ2v) is 5.34. The molecular weight excluding hydrogens is 265 g/mol. The second kappa shape index (κ2) is 6.12. The highest BCUT2D eigenvalue weighted by Crippen LogP contribution is 2.23. The van der Waals surface area contributed by atoms with Gasteiger partial charge in [-0.15, -0.1) is 0 Å². The Morgan fingerprint density at radius 2 is 2.25 bits per heavy atom. The van der Waals surface area contributed by atoms with Gasteiger partial charge in [-0.1, -0.05) is 29.3 Å². The van der Waals surface area contributed by atoms with Crippen molar-refractivity contribution in [2.45, 2.75) is 19.0 Å². The van der Waals surface area contributed by atoms with Gasteiger partial charge in [0, 0.05) is 18.3 Å². The molecule has 0 aromatic heterocycles. The summed E-state index contributed by atoms with van der Waals surface area (Å²) in [6.45, 7) is 1.64. The predicted octanol–water partition coefficient (Wildman–Crippen LogP) is 3.52. The summed E-state index contributed by atoms with van der Waals surface area (Å²) in [4.78, 5) is 0. The van der Waals surface area contributed by atoms with Gasteiger partial charge in [0.25, 0.3) is 0 Å². The molecule has 2 rings (SSSR count). The molecule has 1 atom stereocenters. The van der Waals surface area contributed by atoms with E-state index in [1.807, 2.05) is 18.2 Å². The fraction of sp³-hybridized carbons (Fsp3) is 0.455. The van der Waals surface area contributed by atoms with Crippen LogP contribution in [0.25, 0.3) is 0 Å². The van der Waals surface area contributed by atoms with Crippen molar-refractivity contribution in [3.63, 3.8) is 0 Å². The first-order chi connectivity index (χ1) is 7.75. The highest BCUT2D eigenvalue weighted by atomic mass is 35.5. The minimum Gasteiger partial charge on any atom is -0.315 e. The van der Waals surface area contributed by atoms with Gasteiger partial charge in [0.05, 0.1) is 16.7 Å². The van der Waals surface area contributed by atoms with E-state index in [2.05, 4.69) is 5.32 Å². The molecular formula is C11H13Cl2NOS. The number of rotatable bonds is 3. The van der Waals surface area contributed by atoms with E-state index in [4.69, 9.17) is 27.4 Å². The van der Waals surface area contributed by atoms with Gasteiger partial charge in [0.1, 0.15) is 0 Å². The molecule has 88 valence electrons. The van der Waals surface area contributed by atoms with Gasteiger partial charge in [-0.3, -0.25) is 0 Å². The molecule has 5 heteroatoms. The Morgan fingerprint density at radius 3 is 2.94 bits per heavy atom. The summed E-state index contributed by atoms with van der Waals surface area (Å²) in [5, 5.41) is 4.70. The maximum atomic E-state index is 5.95. The molecule has 1 N–H and O–H groups in total. The molecule has 0 aliphatic carbocycles. The Labute approximate surface area is 110 Å². The van der Waals surface area contributed by atoms with Crippen LogP contribution >= 0.6 is 35.2 Å². The van der Waals surface area contributed by atoms with Crippen LogP contribution in [0.15, 0.2) is 18.2 Å². The van der Waals surface area contributed by atoms with E-state index in [1.54, 1.807) is 0 Å². The lowest BCUT2D eigenvalue weighted by molar-refractivity contribution is 0.311. The van der Waals surface area contributed by atoms with E-state index in [0.717, 1.165) is 30.9 Å². The number of hydrogen-bond donors (Lipinski definition) is 1. The first-order valence-electron chi connectivity index (χ1n) is 5.17. The van der Waals surface area contributed by atoms with Crippen LogP contribution in [-0.2, 0) is 10.7 Å². The molecule has 1 fully saturated rings. The fourth-order valence-corrected chi connectivity index (χ4v) is 2.62. The van der Waals surface area contributed by atoms with Gasteiger partial charge in [-0.2, -0.15) is 0 Å². The van der Waals surface area contributed by atoms with Crippen LogP contribution < -0.4 is 5.32 Å². The molecule has 1 aliphatic rings. The summed E-state index contributed by atoms with van der Waals surface area (Å²) in [5.41, 5.74) is 1.16. The van der Waals surface area contributed by atoms with Gasteiger partial charge < -0.3 is 9.50 Å². The molecule has 0 saturated carbocycles. The SMILES string of the molecule is Clc1ccc(CNC2CCOSC2)cc1Cl. The lowest BCUT2D eigenvalue weighted by atomic mass is 10.2. The number of nitrogens with one attached hydrogen (secondary N) is 1. The van der Waals surface area contributed by atoms with Crippen molar-refractivity contribution in [2.75, 3.05) is 12.4 Å². The van der Waals surface area contributed by atoms with Crippen LogP contribution in [0.3, 0.4) is 0 Å². The zero-order valence-corrected chi connectivity index (χ0v) is 11.0. The maximum Gasteiger partial charge on any atom is 0.0629 e. The average Bonchev–Trinajstić information content (AvgIpc) is 2.32. The topological polar surface area (TPSA) is 21.3 Å². The summed E-state index contributed by atoms with van der Waals surface area (Å²) in [7, 11) is 0. The van der Waals surface area contributed by atoms with Gasteiger partial charge in [0.2, 0.25) is 0 Å². The molecule has 2 nitrogen and oxygen atoms in total. The summed E-state index contributed by atoms with van der Waals surface area (Å²) >= 11 is 13.3. The molecule has 1 unspecified atom stereocenters. The van der Waals surface area contributed by atoms with Crippen LogP contribution in [0, 0.1) is 0 Å². The molecule has 1 aliphatic heterocycles. The molecule has 0 spiro atoms. The second-order valence-electron chi connectivity index (χ2n) is 3.72. The average molecular weight is 278 g/mol. The number of benzene rings is 1. The van der Waals surface area contributed by atoms with Crippen molar-refractivity contribution >= 4 is 35.2 Å². The van der Waals surface area contributed by atoms with Gasteiger partial charge in [0.15, 0.2) is 0 Å². The minimum absolute atomic E-state index is 0.521. The first kappa shape index (κ1) is 12.5. The van der Waals surface area contributed by atoms with Gasteiger partial charge >= 0.3 is 0 Å². The summed E-state index contributed by atoms with van der Waals surface area (Å²) in [6, 6.07) is 6.25. The van der Waals surface area contributed by atoms with E-state index in [9.17, 15) is 0 Å². The third-order valence-electron chi connectivity index (χ3n) is 2.48. The molecule has 0 amide bonds. The van der Waals surface area contributed by atoms with Crippen LogP contribution in [-0.4, -0.2) is 18.4 Å². The quantitative estimate of drug-likeness (QED) is 0.855. The molecule has 1 aromatic rings. The molecule has 1 saturated heterocycles. The van der Waals surface area contributed by atoms with Crippen molar-refractivity contribution in [2.24, 2.45) is 0 Å². The highest BCUT2D eigenvalue weighted by molar-refractivity contribution is 7.94. The summed E-state index contributed by atoms with van der Waals surface area (Å²) in [6.07, 6.45) is 1.06. The van der Waals surface area contributed by atoms with E-state index in [-0.39, 0.29) is 0 Å². The van der Waals surface area contributed by atoms with E-state index in [0.29, 0.717) is 16.1 Å². The standard InChI is InChI=1S/C11H13Cl2NOS/c12-10-2-1-8(5-11(10)13)6-14-9-3-4-15-16-7-9/h1-2,5,9,14H,3-4,6-7H2. The van der Waals surface area contributed by atoms with E-state index < -0.39 is 0 Å². The Kier molecular flexibility index (Phi) is 4.79. The van der Waals surface area contributed by atoms with Crippen molar-refractivity contribution in [3.8, 4) is 0 Å². The van der Waals surface area contributed by atoms with E-state index >= 15 is 0 Å². The molecule has 0 radical (unpaired) electrons. The van der Waals surface area contributed by atoms with Crippen molar-refractivity contribution < 1.29 is 4.18 Å². The van der Waals surface area contributed by atoms with Crippen LogP contribution in [0.4, 0.5) is 0 Å². The summed E-state index contributed by atoms with van der Waals surface area (Å²) < 4.78 is 5.22. The molecule has 16 heavy (non-hydrogen) atoms. The van der Waals surface area contributed by atoms with Crippen molar-refractivity contribution in [1.29, 1.82) is 0 Å². The Hall–Kier alpha value is 0.0700. The predicted molar refractivity (Wildman–Crippen MR) is 70.1 cm³/mol. The monoisotopic (exact) mass is 277 g/mol. The van der Waals surface area contributed by atoms with Gasteiger partial charge in [-0.25, -0.2) is 0 Å². The van der Waals surface area contributed by atoms with Crippen LogP contribution in [0.1, 0.15) is 12.0 Å². The van der Waals surface area contributed by atoms with Crippen molar-refractivity contribution in [3.05, 3.63) is 33.8 Å².